The third-order valence-electron chi connectivity index (χ3n) is 2.95. The Hall–Kier alpha value is -2.15. The Morgan fingerprint density at radius 1 is 1.50 bits per heavy atom. The number of aromatic nitrogens is 1. The van der Waals surface area contributed by atoms with E-state index in [4.69, 9.17) is 5.84 Å². The number of hydrazine groups is 1. The van der Waals surface area contributed by atoms with Crippen LogP contribution >= 0.6 is 0 Å². The number of hydrogen-bond acceptors (Lipinski definition) is 5. The molecule has 2 heterocycles. The predicted molar refractivity (Wildman–Crippen MR) is 65.6 cm³/mol. The lowest BCUT2D eigenvalue weighted by Crippen LogP contribution is -2.50. The first-order valence-corrected chi connectivity index (χ1v) is 5.57. The topological polar surface area (TPSA) is 91.6 Å². The van der Waals surface area contributed by atoms with Crippen LogP contribution in [0.25, 0.3) is 0 Å². The number of piperazine rings is 1. The fourth-order valence-electron chi connectivity index (χ4n) is 1.80. The Labute approximate surface area is 105 Å². The van der Waals surface area contributed by atoms with Crippen LogP contribution in [-0.2, 0) is 4.79 Å². The highest BCUT2D eigenvalue weighted by Crippen LogP contribution is 2.15. The van der Waals surface area contributed by atoms with Crippen molar-refractivity contribution >= 4 is 17.5 Å². The van der Waals surface area contributed by atoms with Crippen LogP contribution in [0.5, 0.6) is 0 Å². The number of nitrogens with one attached hydrogen (secondary N) is 1. The van der Waals surface area contributed by atoms with E-state index in [9.17, 15) is 9.59 Å². The highest BCUT2D eigenvalue weighted by atomic mass is 16.2. The molecule has 7 heteroatoms. The molecule has 1 saturated heterocycles. The molecule has 0 bridgehead atoms. The Bertz CT molecular complexity index is 476. The van der Waals surface area contributed by atoms with Gasteiger partial charge in [0.25, 0.3) is 5.91 Å². The summed E-state index contributed by atoms with van der Waals surface area (Å²) in [6, 6.07) is 1.58. The van der Waals surface area contributed by atoms with Gasteiger partial charge < -0.3 is 15.2 Å². The van der Waals surface area contributed by atoms with Crippen molar-refractivity contribution < 1.29 is 9.59 Å². The minimum Gasteiger partial charge on any atom is -0.342 e. The lowest BCUT2D eigenvalue weighted by atomic mass is 10.2. The molecule has 2 rings (SSSR count). The number of hydrogen-bond donors (Lipinski definition) is 2. The zero-order valence-corrected chi connectivity index (χ0v) is 10.1. The van der Waals surface area contributed by atoms with Gasteiger partial charge in [-0.15, -0.1) is 0 Å². The van der Waals surface area contributed by atoms with E-state index in [0.29, 0.717) is 24.3 Å². The maximum Gasteiger partial charge on any atom is 0.256 e. The van der Waals surface area contributed by atoms with Gasteiger partial charge in [0.2, 0.25) is 5.91 Å². The van der Waals surface area contributed by atoms with Gasteiger partial charge in [0.1, 0.15) is 6.54 Å². The summed E-state index contributed by atoms with van der Waals surface area (Å²) in [5.41, 5.74) is 3.30. The van der Waals surface area contributed by atoms with Gasteiger partial charge in [-0.1, -0.05) is 0 Å². The van der Waals surface area contributed by atoms with Gasteiger partial charge in [-0.05, 0) is 6.07 Å². The maximum absolute atomic E-state index is 12.3. The average molecular weight is 249 g/mol. The molecule has 1 aliphatic heterocycles. The molecule has 3 N–H and O–H groups in total. The standard InChI is InChI=1S/C11H15N5O2/c1-15-4-5-16(7-10(15)17)11(18)8-2-3-13-6-9(8)14-12/h2-3,6,14H,4-5,7,12H2,1H3. The zero-order valence-electron chi connectivity index (χ0n) is 10.1. The van der Waals surface area contributed by atoms with Gasteiger partial charge in [0.15, 0.2) is 0 Å². The van der Waals surface area contributed by atoms with Crippen LogP contribution in [0.15, 0.2) is 18.5 Å². The Kier molecular flexibility index (Phi) is 3.42. The summed E-state index contributed by atoms with van der Waals surface area (Å²) < 4.78 is 0. The van der Waals surface area contributed by atoms with E-state index in [1.165, 1.54) is 17.3 Å². The summed E-state index contributed by atoms with van der Waals surface area (Å²) in [6.07, 6.45) is 3.00. The van der Waals surface area contributed by atoms with Gasteiger partial charge in [0.05, 0.1) is 17.4 Å². The molecular weight excluding hydrogens is 234 g/mol. The number of rotatable bonds is 2. The van der Waals surface area contributed by atoms with E-state index in [1.807, 2.05) is 0 Å². The molecule has 0 saturated carbocycles. The fourth-order valence-corrected chi connectivity index (χ4v) is 1.80. The summed E-state index contributed by atoms with van der Waals surface area (Å²) in [7, 11) is 1.73. The second kappa shape index (κ2) is 5.01. The van der Waals surface area contributed by atoms with Crippen LogP contribution in [0.3, 0.4) is 0 Å². The summed E-state index contributed by atoms with van der Waals surface area (Å²) in [4.78, 5) is 30.8. The first-order chi connectivity index (χ1) is 8.63. The highest BCUT2D eigenvalue weighted by Gasteiger charge is 2.26. The van der Waals surface area contributed by atoms with Gasteiger partial charge in [-0.25, -0.2) is 0 Å². The number of likely N-dealkylation sites (N-methyl/N-ethyl adjacent to an activating group) is 1. The number of anilines is 1. The molecule has 96 valence electrons. The second-order valence-electron chi connectivity index (χ2n) is 4.11. The van der Waals surface area contributed by atoms with Crippen molar-refractivity contribution in [1.29, 1.82) is 0 Å². The molecule has 0 spiro atoms. The first kappa shape index (κ1) is 12.3. The lowest BCUT2D eigenvalue weighted by molar-refractivity contribution is -0.133. The predicted octanol–water partition coefficient (Wildman–Crippen LogP) is -0.719. The lowest BCUT2D eigenvalue weighted by Gasteiger charge is -2.32. The van der Waals surface area contributed by atoms with E-state index >= 15 is 0 Å². The third-order valence-corrected chi connectivity index (χ3v) is 2.95. The number of nitrogen functional groups attached to an aromatic ring is 1. The Morgan fingerprint density at radius 2 is 2.28 bits per heavy atom. The highest BCUT2D eigenvalue weighted by molar-refractivity contribution is 6.01. The van der Waals surface area contributed by atoms with Gasteiger partial charge in [0, 0.05) is 26.3 Å². The second-order valence-corrected chi connectivity index (χ2v) is 4.11. The molecule has 1 fully saturated rings. The Morgan fingerprint density at radius 3 is 2.94 bits per heavy atom. The fraction of sp³-hybridized carbons (Fsp3) is 0.364. The summed E-state index contributed by atoms with van der Waals surface area (Å²) >= 11 is 0. The van der Waals surface area contributed by atoms with Crippen LogP contribution in [-0.4, -0.2) is 53.3 Å². The van der Waals surface area contributed by atoms with Crippen molar-refractivity contribution in [2.75, 3.05) is 32.1 Å². The van der Waals surface area contributed by atoms with Crippen LogP contribution in [0.4, 0.5) is 5.69 Å². The summed E-state index contributed by atoms with van der Waals surface area (Å²) in [5.74, 6) is 5.05. The molecule has 0 aromatic carbocycles. The van der Waals surface area contributed by atoms with E-state index in [2.05, 4.69) is 10.4 Å². The molecule has 0 atom stereocenters. The smallest absolute Gasteiger partial charge is 0.256 e. The van der Waals surface area contributed by atoms with Crippen LogP contribution in [0, 0.1) is 0 Å². The van der Waals surface area contributed by atoms with Gasteiger partial charge in [-0.3, -0.25) is 20.4 Å². The largest absolute Gasteiger partial charge is 0.342 e. The van der Waals surface area contributed by atoms with E-state index in [1.54, 1.807) is 18.0 Å². The Balaban J connectivity index is 2.19. The van der Waals surface area contributed by atoms with Gasteiger partial charge >= 0.3 is 0 Å². The quantitative estimate of drug-likeness (QED) is 0.533. The molecule has 0 unspecified atom stereocenters. The molecule has 18 heavy (non-hydrogen) atoms. The minimum absolute atomic E-state index is 0.0640. The monoisotopic (exact) mass is 249 g/mol. The zero-order chi connectivity index (χ0) is 13.1. The number of carbonyl (C=O) groups is 2. The number of carbonyl (C=O) groups excluding carboxylic acids is 2. The average Bonchev–Trinajstić information content (AvgIpc) is 2.41. The van der Waals surface area contributed by atoms with Crippen molar-refractivity contribution in [3.63, 3.8) is 0 Å². The number of pyridine rings is 1. The summed E-state index contributed by atoms with van der Waals surface area (Å²) in [6.45, 7) is 1.16. The molecule has 0 aliphatic carbocycles. The van der Waals surface area contributed by atoms with Crippen molar-refractivity contribution in [1.82, 2.24) is 14.8 Å². The maximum atomic E-state index is 12.3. The van der Waals surface area contributed by atoms with Crippen molar-refractivity contribution in [3.05, 3.63) is 24.0 Å². The molecule has 1 aromatic heterocycles. The SMILES string of the molecule is CN1CCN(C(=O)c2ccncc2NN)CC1=O. The van der Waals surface area contributed by atoms with Crippen LogP contribution in [0.2, 0.25) is 0 Å². The molecule has 2 amide bonds. The van der Waals surface area contributed by atoms with Crippen molar-refractivity contribution in [2.24, 2.45) is 5.84 Å². The van der Waals surface area contributed by atoms with E-state index < -0.39 is 0 Å². The van der Waals surface area contributed by atoms with Crippen molar-refractivity contribution in [3.8, 4) is 0 Å². The summed E-state index contributed by atoms with van der Waals surface area (Å²) in [5, 5.41) is 0. The number of nitrogens with zero attached hydrogens (tertiary/aromatic N) is 3. The molecular formula is C11H15N5O2. The van der Waals surface area contributed by atoms with Crippen LogP contribution in [0.1, 0.15) is 10.4 Å². The number of amides is 2. The molecule has 7 nitrogen and oxygen atoms in total. The molecule has 1 aliphatic rings. The number of nitrogens with two attached hydrogens (primary N) is 1. The van der Waals surface area contributed by atoms with Crippen LogP contribution < -0.4 is 11.3 Å². The normalized spacial score (nSPS) is 15.8. The minimum atomic E-state index is -0.216. The van der Waals surface area contributed by atoms with E-state index in [0.717, 1.165) is 0 Å². The molecule has 1 aromatic rings. The van der Waals surface area contributed by atoms with Gasteiger partial charge in [-0.2, -0.15) is 0 Å². The van der Waals surface area contributed by atoms with Crippen molar-refractivity contribution in [2.45, 2.75) is 0 Å². The first-order valence-electron chi connectivity index (χ1n) is 5.57. The molecule has 0 radical (unpaired) electrons. The third kappa shape index (κ3) is 2.25. The van der Waals surface area contributed by atoms with E-state index in [-0.39, 0.29) is 18.4 Å².